The first-order valence-electron chi connectivity index (χ1n) is 8.40. The number of benzene rings is 1. The van der Waals surface area contributed by atoms with Crippen molar-refractivity contribution in [3.05, 3.63) is 35.9 Å². The molecule has 1 aromatic rings. The van der Waals surface area contributed by atoms with Crippen LogP contribution in [0.5, 0.6) is 0 Å². The fourth-order valence-electron chi connectivity index (χ4n) is 3.11. The summed E-state index contributed by atoms with van der Waals surface area (Å²) in [6.07, 6.45) is 5.95. The molecule has 4 heteroatoms. The molecule has 3 N–H and O–H groups in total. The number of amides is 1. The van der Waals surface area contributed by atoms with Gasteiger partial charge in [-0.3, -0.25) is 4.79 Å². The van der Waals surface area contributed by atoms with Gasteiger partial charge in [0, 0.05) is 13.1 Å². The maximum absolute atomic E-state index is 12.2. The zero-order valence-corrected chi connectivity index (χ0v) is 13.7. The van der Waals surface area contributed by atoms with E-state index in [-0.39, 0.29) is 5.91 Å². The van der Waals surface area contributed by atoms with Gasteiger partial charge >= 0.3 is 0 Å². The van der Waals surface area contributed by atoms with E-state index in [0.29, 0.717) is 6.54 Å². The van der Waals surface area contributed by atoms with Crippen LogP contribution in [0, 0.1) is 0 Å². The van der Waals surface area contributed by atoms with E-state index in [1.54, 1.807) is 0 Å². The van der Waals surface area contributed by atoms with Crippen LogP contribution in [0.4, 0.5) is 0 Å². The van der Waals surface area contributed by atoms with Crippen molar-refractivity contribution in [3.8, 4) is 0 Å². The number of hydrogen-bond acceptors (Lipinski definition) is 3. The summed E-state index contributed by atoms with van der Waals surface area (Å²) in [6, 6.07) is 10.4. The van der Waals surface area contributed by atoms with E-state index in [1.807, 2.05) is 6.07 Å². The van der Waals surface area contributed by atoms with Crippen LogP contribution in [0.15, 0.2) is 30.3 Å². The molecule has 0 aliphatic heterocycles. The Morgan fingerprint density at radius 2 is 1.91 bits per heavy atom. The molecule has 0 radical (unpaired) electrons. The molecule has 1 aliphatic carbocycles. The summed E-state index contributed by atoms with van der Waals surface area (Å²) in [5.74, 6) is 0.0397. The molecule has 0 saturated heterocycles. The summed E-state index contributed by atoms with van der Waals surface area (Å²) < 4.78 is 0. The molecule has 0 unspecified atom stereocenters. The lowest BCUT2D eigenvalue weighted by molar-refractivity contribution is -0.127. The van der Waals surface area contributed by atoms with Crippen LogP contribution in [-0.2, 0) is 11.3 Å². The molecule has 2 rings (SSSR count). The lowest BCUT2D eigenvalue weighted by Gasteiger charge is -2.31. The van der Waals surface area contributed by atoms with Crippen molar-refractivity contribution >= 4 is 5.91 Å². The van der Waals surface area contributed by atoms with E-state index in [4.69, 9.17) is 5.73 Å². The topological polar surface area (TPSA) is 58.4 Å². The van der Waals surface area contributed by atoms with Crippen LogP contribution in [-0.4, -0.2) is 36.5 Å². The minimum absolute atomic E-state index is 0.0397. The predicted octanol–water partition coefficient (Wildman–Crippen LogP) is 2.29. The minimum atomic E-state index is -0.617. The summed E-state index contributed by atoms with van der Waals surface area (Å²) in [7, 11) is 2.11. The second-order valence-corrected chi connectivity index (χ2v) is 6.55. The summed E-state index contributed by atoms with van der Waals surface area (Å²) in [5.41, 5.74) is 6.92. The highest BCUT2D eigenvalue weighted by atomic mass is 16.2. The Labute approximate surface area is 134 Å². The normalized spacial score (nSPS) is 17.4. The van der Waals surface area contributed by atoms with Crippen LogP contribution < -0.4 is 11.1 Å². The molecule has 1 aliphatic rings. The van der Waals surface area contributed by atoms with E-state index in [9.17, 15) is 4.79 Å². The van der Waals surface area contributed by atoms with Gasteiger partial charge in [0.25, 0.3) is 0 Å². The molecule has 1 fully saturated rings. The first-order valence-corrected chi connectivity index (χ1v) is 8.40. The molecular weight excluding hydrogens is 274 g/mol. The van der Waals surface area contributed by atoms with Crippen LogP contribution in [0.3, 0.4) is 0 Å². The number of hydrogen-bond donors (Lipinski definition) is 2. The Hall–Kier alpha value is -1.39. The van der Waals surface area contributed by atoms with Gasteiger partial charge in [-0.25, -0.2) is 0 Å². The Morgan fingerprint density at radius 1 is 1.23 bits per heavy atom. The predicted molar refractivity (Wildman–Crippen MR) is 90.4 cm³/mol. The van der Waals surface area contributed by atoms with Crippen LogP contribution >= 0.6 is 0 Å². The Balaban J connectivity index is 1.63. The van der Waals surface area contributed by atoms with Crippen LogP contribution in [0.25, 0.3) is 0 Å². The molecule has 0 aromatic heterocycles. The number of nitrogens with two attached hydrogens (primary N) is 1. The lowest BCUT2D eigenvalue weighted by Crippen LogP contribution is -2.55. The van der Waals surface area contributed by atoms with Crippen molar-refractivity contribution in [2.75, 3.05) is 20.1 Å². The fourth-order valence-corrected chi connectivity index (χ4v) is 3.11. The maximum Gasteiger partial charge on any atom is 0.240 e. The maximum atomic E-state index is 12.2. The number of carbonyl (C=O) groups is 1. The van der Waals surface area contributed by atoms with Gasteiger partial charge in [-0.1, -0.05) is 49.6 Å². The van der Waals surface area contributed by atoms with Crippen molar-refractivity contribution in [1.29, 1.82) is 0 Å². The summed E-state index contributed by atoms with van der Waals surface area (Å²) >= 11 is 0. The standard InChI is InChI=1S/C18H29N3O/c1-21(15-16-9-4-2-5-10-16)14-8-13-20-17(22)18(19)11-6-3-7-12-18/h2,4-5,9-10H,3,6-8,11-15,19H2,1H3,(H,20,22). The second kappa shape index (κ2) is 8.30. The van der Waals surface area contributed by atoms with Gasteiger partial charge in [0.1, 0.15) is 0 Å². The lowest BCUT2D eigenvalue weighted by atomic mass is 9.82. The molecule has 122 valence electrons. The van der Waals surface area contributed by atoms with Gasteiger partial charge in [-0.2, -0.15) is 0 Å². The number of nitrogens with one attached hydrogen (secondary N) is 1. The molecule has 0 heterocycles. The summed E-state index contributed by atoms with van der Waals surface area (Å²) in [4.78, 5) is 14.5. The largest absolute Gasteiger partial charge is 0.354 e. The molecule has 1 saturated carbocycles. The van der Waals surface area contributed by atoms with Crippen molar-refractivity contribution in [3.63, 3.8) is 0 Å². The van der Waals surface area contributed by atoms with Crippen molar-refractivity contribution in [2.24, 2.45) is 5.73 Å². The zero-order valence-electron chi connectivity index (χ0n) is 13.7. The molecule has 4 nitrogen and oxygen atoms in total. The van der Waals surface area contributed by atoms with Gasteiger partial charge in [0.15, 0.2) is 0 Å². The molecule has 1 aromatic carbocycles. The van der Waals surface area contributed by atoms with Gasteiger partial charge in [-0.15, -0.1) is 0 Å². The van der Waals surface area contributed by atoms with E-state index < -0.39 is 5.54 Å². The highest BCUT2D eigenvalue weighted by Crippen LogP contribution is 2.25. The van der Waals surface area contributed by atoms with Crippen molar-refractivity contribution in [2.45, 2.75) is 50.6 Å². The highest BCUT2D eigenvalue weighted by Gasteiger charge is 2.34. The van der Waals surface area contributed by atoms with Crippen LogP contribution in [0.1, 0.15) is 44.1 Å². The number of rotatable bonds is 7. The van der Waals surface area contributed by atoms with E-state index >= 15 is 0 Å². The fraction of sp³-hybridized carbons (Fsp3) is 0.611. The third-order valence-electron chi connectivity index (χ3n) is 4.50. The highest BCUT2D eigenvalue weighted by molar-refractivity contribution is 5.86. The SMILES string of the molecule is CN(CCCNC(=O)C1(N)CCCCC1)Cc1ccccc1. The van der Waals surface area contributed by atoms with Gasteiger partial charge in [0.05, 0.1) is 5.54 Å². The van der Waals surface area contributed by atoms with Crippen molar-refractivity contribution < 1.29 is 4.79 Å². The summed E-state index contributed by atoms with van der Waals surface area (Å²) in [6.45, 7) is 2.61. The zero-order chi connectivity index (χ0) is 15.8. The van der Waals surface area contributed by atoms with Crippen molar-refractivity contribution in [1.82, 2.24) is 10.2 Å². The van der Waals surface area contributed by atoms with Gasteiger partial charge in [-0.05, 0) is 38.4 Å². The number of carbonyl (C=O) groups excluding carboxylic acids is 1. The Morgan fingerprint density at radius 3 is 2.59 bits per heavy atom. The molecule has 0 atom stereocenters. The molecular formula is C18H29N3O. The third kappa shape index (κ3) is 5.11. The quantitative estimate of drug-likeness (QED) is 0.760. The van der Waals surface area contributed by atoms with E-state index in [2.05, 4.69) is 41.5 Å². The first kappa shape index (κ1) is 17.0. The first-order chi connectivity index (χ1) is 10.6. The Kier molecular flexibility index (Phi) is 6.40. The summed E-state index contributed by atoms with van der Waals surface area (Å²) in [5, 5.41) is 3.02. The van der Waals surface area contributed by atoms with Crippen LogP contribution in [0.2, 0.25) is 0 Å². The molecule has 22 heavy (non-hydrogen) atoms. The molecule has 0 bridgehead atoms. The van der Waals surface area contributed by atoms with E-state index in [1.165, 1.54) is 12.0 Å². The monoisotopic (exact) mass is 303 g/mol. The Bertz CT molecular complexity index is 455. The van der Waals surface area contributed by atoms with E-state index in [0.717, 1.165) is 45.2 Å². The third-order valence-corrected chi connectivity index (χ3v) is 4.50. The number of nitrogens with zero attached hydrogens (tertiary/aromatic N) is 1. The molecule has 0 spiro atoms. The average molecular weight is 303 g/mol. The smallest absolute Gasteiger partial charge is 0.240 e. The van der Waals surface area contributed by atoms with Gasteiger partial charge < -0.3 is 16.0 Å². The minimum Gasteiger partial charge on any atom is -0.354 e. The van der Waals surface area contributed by atoms with Gasteiger partial charge in [0.2, 0.25) is 5.91 Å². The average Bonchev–Trinajstić information content (AvgIpc) is 2.53. The second-order valence-electron chi connectivity index (χ2n) is 6.55. The molecule has 1 amide bonds.